The molecular formula is C38H67ClN6O5. The predicted molar refractivity (Wildman–Crippen MR) is 202 cm³/mol. The van der Waals surface area contributed by atoms with Gasteiger partial charge in [0.1, 0.15) is 0 Å². The third kappa shape index (κ3) is 11.4. The van der Waals surface area contributed by atoms with E-state index < -0.39 is 42.2 Å². The lowest BCUT2D eigenvalue weighted by Gasteiger charge is -2.43. The molecule has 50 heavy (non-hydrogen) atoms. The molecule has 1 heterocycles. The van der Waals surface area contributed by atoms with Crippen molar-refractivity contribution in [3.05, 3.63) is 34.9 Å². The van der Waals surface area contributed by atoms with E-state index in [4.69, 9.17) is 32.5 Å². The Morgan fingerprint density at radius 1 is 1.00 bits per heavy atom. The topological polar surface area (TPSA) is 143 Å². The fourth-order valence-electron chi connectivity index (χ4n) is 8.02. The van der Waals surface area contributed by atoms with Gasteiger partial charge in [0.05, 0.1) is 42.5 Å². The Labute approximate surface area is 307 Å². The van der Waals surface area contributed by atoms with Crippen LogP contribution in [0.1, 0.15) is 72.8 Å². The molecule has 0 radical (unpaired) electrons. The maximum absolute atomic E-state index is 14.3. The number of rotatable bonds is 20. The summed E-state index contributed by atoms with van der Waals surface area (Å²) in [6.07, 6.45) is 2.03. The fourth-order valence-corrected chi connectivity index (χ4v) is 8.15. The van der Waals surface area contributed by atoms with Crippen LogP contribution in [-0.2, 0) is 30.3 Å². The van der Waals surface area contributed by atoms with Crippen molar-refractivity contribution in [2.45, 2.75) is 116 Å². The summed E-state index contributed by atoms with van der Waals surface area (Å²) in [5.41, 5.74) is 14.4. The van der Waals surface area contributed by atoms with E-state index in [2.05, 4.69) is 37.9 Å². The quantitative estimate of drug-likeness (QED) is 0.185. The van der Waals surface area contributed by atoms with E-state index in [1.54, 1.807) is 26.2 Å². The molecule has 0 spiro atoms. The molecule has 11 nitrogen and oxygen atoms in total. The first kappa shape index (κ1) is 43.9. The molecule has 0 bridgehead atoms. The van der Waals surface area contributed by atoms with Gasteiger partial charge in [0.2, 0.25) is 17.7 Å². The van der Waals surface area contributed by atoms with Gasteiger partial charge in [0.15, 0.2) is 0 Å². The van der Waals surface area contributed by atoms with Crippen LogP contribution in [0.25, 0.3) is 0 Å². The van der Waals surface area contributed by atoms with E-state index in [0.29, 0.717) is 24.5 Å². The Morgan fingerprint density at radius 3 is 2.12 bits per heavy atom. The van der Waals surface area contributed by atoms with Crippen molar-refractivity contribution in [2.75, 3.05) is 48.5 Å². The van der Waals surface area contributed by atoms with Crippen LogP contribution in [0.2, 0.25) is 5.02 Å². The summed E-state index contributed by atoms with van der Waals surface area (Å²) in [6, 6.07) is 5.89. The van der Waals surface area contributed by atoms with Crippen molar-refractivity contribution in [1.82, 2.24) is 20.0 Å². The Hall–Kier alpha value is -2.28. The minimum absolute atomic E-state index is 0.0269. The zero-order valence-electron chi connectivity index (χ0n) is 32.5. The van der Waals surface area contributed by atoms with Crippen LogP contribution in [0.3, 0.4) is 0 Å². The third-order valence-electron chi connectivity index (χ3n) is 10.8. The normalized spacial score (nSPS) is 20.5. The number of hydrogen-bond donors (Lipinski definition) is 3. The van der Waals surface area contributed by atoms with Crippen LogP contribution in [-0.4, -0.2) is 123 Å². The summed E-state index contributed by atoms with van der Waals surface area (Å²) in [7, 11) is 8.92. The number of nitrogens with two attached hydrogens (primary N) is 2. The molecule has 3 amide bonds. The van der Waals surface area contributed by atoms with Crippen molar-refractivity contribution in [2.24, 2.45) is 35.1 Å². The maximum Gasteiger partial charge on any atom is 0.228 e. The minimum atomic E-state index is -0.626. The zero-order chi connectivity index (χ0) is 37.9. The summed E-state index contributed by atoms with van der Waals surface area (Å²) < 4.78 is 12.0. The molecule has 10 atom stereocenters. The highest BCUT2D eigenvalue weighted by Crippen LogP contribution is 2.30. The van der Waals surface area contributed by atoms with Gasteiger partial charge in [-0.3, -0.25) is 14.4 Å². The van der Waals surface area contributed by atoms with Crippen molar-refractivity contribution < 1.29 is 23.9 Å². The van der Waals surface area contributed by atoms with Crippen molar-refractivity contribution in [1.29, 1.82) is 0 Å². The standard InChI is InChI=1S/C38H67ClN6O5/c1-12-24(4)35(44(9)38(48)32(26(6)40)33(41)34(23(2)3)43(7)8)30(49-10)22-31(46)45-21-13-14-29(45)36(50-11)25(5)37(47)42-20-19-27-15-17-28(39)18-16-27/h15-18,23-26,29-30,32-36H,12-14,19-22,40-41H2,1-11H3,(H,42,47)/t24-,25+,26-,29-,30+,32-,33?,34-,35-,36+/m0/s1. The van der Waals surface area contributed by atoms with E-state index in [1.807, 2.05) is 57.1 Å². The molecule has 1 fully saturated rings. The molecule has 0 aliphatic carbocycles. The summed E-state index contributed by atoms with van der Waals surface area (Å²) in [4.78, 5) is 47.3. The summed E-state index contributed by atoms with van der Waals surface area (Å²) in [6.45, 7) is 13.1. The smallest absolute Gasteiger partial charge is 0.228 e. The highest BCUT2D eigenvalue weighted by molar-refractivity contribution is 6.30. The van der Waals surface area contributed by atoms with Gasteiger partial charge in [0.25, 0.3) is 0 Å². The molecule has 2 rings (SSSR count). The third-order valence-corrected chi connectivity index (χ3v) is 11.1. The van der Waals surface area contributed by atoms with Crippen molar-refractivity contribution in [3.8, 4) is 0 Å². The summed E-state index contributed by atoms with van der Waals surface area (Å²) >= 11 is 6.00. The van der Waals surface area contributed by atoms with Gasteiger partial charge in [-0.15, -0.1) is 0 Å². The summed E-state index contributed by atoms with van der Waals surface area (Å²) in [5.74, 6) is -1.21. The highest BCUT2D eigenvalue weighted by Gasteiger charge is 2.44. The number of likely N-dealkylation sites (N-methyl/N-ethyl adjacent to an activating group) is 2. The molecular weight excluding hydrogens is 656 g/mol. The minimum Gasteiger partial charge on any atom is -0.379 e. The Bertz CT molecular complexity index is 1190. The number of likely N-dealkylation sites (tertiary alicyclic amines) is 1. The SMILES string of the molecule is CC[C@H](C)[C@@H]([C@@H](CC(=O)N1CCC[C@H]1[C@H](OC)[C@@H](C)C(=O)NCCc1ccc(Cl)cc1)OC)N(C)C(=O)[C@H](C(N)[C@H](C(C)C)N(C)C)[C@H](C)N. The largest absolute Gasteiger partial charge is 0.379 e. The van der Waals surface area contributed by atoms with Gasteiger partial charge < -0.3 is 41.0 Å². The predicted octanol–water partition coefficient (Wildman–Crippen LogP) is 3.80. The molecule has 1 aliphatic rings. The molecule has 1 aliphatic heterocycles. The number of amides is 3. The van der Waals surface area contributed by atoms with Crippen LogP contribution < -0.4 is 16.8 Å². The van der Waals surface area contributed by atoms with Crippen molar-refractivity contribution in [3.63, 3.8) is 0 Å². The molecule has 5 N–H and O–H groups in total. The number of carbonyl (C=O) groups excluding carboxylic acids is 3. The number of hydrogen-bond acceptors (Lipinski definition) is 8. The maximum atomic E-state index is 14.3. The molecule has 1 aromatic carbocycles. The Morgan fingerprint density at radius 2 is 1.62 bits per heavy atom. The van der Waals surface area contributed by atoms with Crippen LogP contribution in [0.4, 0.5) is 0 Å². The molecule has 0 saturated carbocycles. The molecule has 286 valence electrons. The number of methoxy groups -OCH3 is 2. The number of carbonyl (C=O) groups is 3. The number of ether oxygens (including phenoxy) is 2. The van der Waals surface area contributed by atoms with E-state index in [9.17, 15) is 14.4 Å². The van der Waals surface area contributed by atoms with Gasteiger partial charge in [-0.1, -0.05) is 64.8 Å². The van der Waals surface area contributed by atoms with E-state index in [1.165, 1.54) is 0 Å². The molecule has 1 unspecified atom stereocenters. The molecule has 1 saturated heterocycles. The molecule has 1 aromatic rings. The molecule has 0 aromatic heterocycles. The Kier molecular flexibility index (Phi) is 18.1. The van der Waals surface area contributed by atoms with Crippen LogP contribution in [0.5, 0.6) is 0 Å². The van der Waals surface area contributed by atoms with E-state index in [-0.39, 0.29) is 48.1 Å². The lowest BCUT2D eigenvalue weighted by atomic mass is 9.81. The molecule has 12 heteroatoms. The number of nitrogens with one attached hydrogen (secondary N) is 1. The second-order valence-electron chi connectivity index (χ2n) is 14.9. The number of nitrogens with zero attached hydrogens (tertiary/aromatic N) is 3. The lowest BCUT2D eigenvalue weighted by Crippen LogP contribution is -2.61. The van der Waals surface area contributed by atoms with E-state index >= 15 is 0 Å². The van der Waals surface area contributed by atoms with Gasteiger partial charge in [-0.25, -0.2) is 0 Å². The van der Waals surface area contributed by atoms with Gasteiger partial charge in [0, 0.05) is 57.5 Å². The number of halogens is 1. The first-order valence-corrected chi connectivity index (χ1v) is 18.7. The number of benzene rings is 1. The Balaban J connectivity index is 2.23. The van der Waals surface area contributed by atoms with Gasteiger partial charge in [-0.05, 0) is 69.8 Å². The lowest BCUT2D eigenvalue weighted by molar-refractivity contribution is -0.148. The fraction of sp³-hybridized carbons (Fsp3) is 0.763. The first-order valence-electron chi connectivity index (χ1n) is 18.3. The average molecular weight is 723 g/mol. The summed E-state index contributed by atoms with van der Waals surface area (Å²) in [5, 5.41) is 3.71. The highest BCUT2D eigenvalue weighted by atomic mass is 35.5. The van der Waals surface area contributed by atoms with Crippen LogP contribution >= 0.6 is 11.6 Å². The average Bonchev–Trinajstić information content (AvgIpc) is 3.54. The van der Waals surface area contributed by atoms with Crippen LogP contribution in [0, 0.1) is 23.7 Å². The monoisotopic (exact) mass is 722 g/mol. The van der Waals surface area contributed by atoms with Gasteiger partial charge >= 0.3 is 0 Å². The first-order chi connectivity index (χ1) is 23.5. The second-order valence-corrected chi connectivity index (χ2v) is 15.4. The van der Waals surface area contributed by atoms with E-state index in [0.717, 1.165) is 24.8 Å². The second kappa shape index (κ2) is 20.7. The van der Waals surface area contributed by atoms with Gasteiger partial charge in [-0.2, -0.15) is 0 Å². The van der Waals surface area contributed by atoms with Crippen LogP contribution in [0.15, 0.2) is 24.3 Å². The van der Waals surface area contributed by atoms with Crippen molar-refractivity contribution >= 4 is 29.3 Å². The zero-order valence-corrected chi connectivity index (χ0v) is 33.3.